The zero-order valence-corrected chi connectivity index (χ0v) is 14.2. The van der Waals surface area contributed by atoms with Crippen LogP contribution in [0.2, 0.25) is 0 Å². The van der Waals surface area contributed by atoms with Crippen LogP contribution in [0.15, 0.2) is 18.2 Å². The van der Waals surface area contributed by atoms with Crippen LogP contribution in [-0.2, 0) is 4.74 Å². The van der Waals surface area contributed by atoms with Gasteiger partial charge in [0.15, 0.2) is 0 Å². The monoisotopic (exact) mass is 319 g/mol. The Balaban J connectivity index is 2.13. The number of nitro groups is 1. The molecular formula is C18H25NO4. The van der Waals surface area contributed by atoms with E-state index in [0.29, 0.717) is 28.9 Å². The molecule has 2 rings (SSSR count). The van der Waals surface area contributed by atoms with Crippen LogP contribution in [0.3, 0.4) is 0 Å². The predicted octanol–water partition coefficient (Wildman–Crippen LogP) is 4.52. The van der Waals surface area contributed by atoms with Gasteiger partial charge < -0.3 is 4.74 Å². The first kappa shape index (κ1) is 17.4. The van der Waals surface area contributed by atoms with Gasteiger partial charge in [-0.2, -0.15) is 0 Å². The maximum absolute atomic E-state index is 12.4. The van der Waals surface area contributed by atoms with Crippen LogP contribution in [0.1, 0.15) is 56.0 Å². The average molecular weight is 319 g/mol. The Kier molecular flexibility index (Phi) is 5.39. The van der Waals surface area contributed by atoms with E-state index in [1.54, 1.807) is 6.92 Å². The number of carbonyl (C=O) groups excluding carboxylic acids is 1. The van der Waals surface area contributed by atoms with Gasteiger partial charge in [0, 0.05) is 11.6 Å². The molecule has 0 amide bonds. The lowest BCUT2D eigenvalue weighted by Crippen LogP contribution is -2.35. The quantitative estimate of drug-likeness (QED) is 0.465. The van der Waals surface area contributed by atoms with E-state index < -0.39 is 4.92 Å². The number of hydrogen-bond acceptors (Lipinski definition) is 4. The first-order chi connectivity index (χ1) is 10.8. The molecular weight excluding hydrogens is 294 g/mol. The molecule has 1 aromatic rings. The van der Waals surface area contributed by atoms with Gasteiger partial charge >= 0.3 is 5.97 Å². The number of nitrogens with zero attached hydrogens (tertiary/aromatic N) is 1. The Hall–Kier alpha value is -1.91. The highest BCUT2D eigenvalue weighted by atomic mass is 16.6. The molecule has 126 valence electrons. The largest absolute Gasteiger partial charge is 0.458 e. The van der Waals surface area contributed by atoms with Crippen molar-refractivity contribution < 1.29 is 14.5 Å². The van der Waals surface area contributed by atoms with Gasteiger partial charge in [-0.1, -0.05) is 27.2 Å². The molecule has 0 bridgehead atoms. The van der Waals surface area contributed by atoms with Crippen molar-refractivity contribution in [3.8, 4) is 0 Å². The fourth-order valence-electron chi connectivity index (χ4n) is 3.44. The summed E-state index contributed by atoms with van der Waals surface area (Å²) >= 11 is 0. The smallest absolute Gasteiger partial charge is 0.338 e. The van der Waals surface area contributed by atoms with Crippen molar-refractivity contribution in [2.45, 2.75) is 53.1 Å². The Labute approximate surface area is 137 Å². The molecule has 1 saturated carbocycles. The zero-order chi connectivity index (χ0) is 17.1. The summed E-state index contributed by atoms with van der Waals surface area (Å²) < 4.78 is 5.77. The molecule has 5 nitrogen and oxygen atoms in total. The van der Waals surface area contributed by atoms with Gasteiger partial charge in [-0.05, 0) is 49.7 Å². The summed E-state index contributed by atoms with van der Waals surface area (Å²) in [4.78, 5) is 22.8. The number of aryl methyl sites for hydroxylation is 1. The first-order valence-corrected chi connectivity index (χ1v) is 8.25. The molecule has 5 heteroatoms. The van der Waals surface area contributed by atoms with E-state index in [4.69, 9.17) is 4.74 Å². The highest BCUT2D eigenvalue weighted by molar-refractivity contribution is 5.90. The van der Waals surface area contributed by atoms with Gasteiger partial charge in [-0.25, -0.2) is 4.79 Å². The van der Waals surface area contributed by atoms with E-state index in [1.165, 1.54) is 24.6 Å². The second-order valence-electron chi connectivity index (χ2n) is 7.03. The van der Waals surface area contributed by atoms with Crippen LogP contribution in [0.5, 0.6) is 0 Å². The molecule has 1 aromatic carbocycles. The summed E-state index contributed by atoms with van der Waals surface area (Å²) in [6.07, 6.45) is 3.08. The predicted molar refractivity (Wildman–Crippen MR) is 88.4 cm³/mol. The third-order valence-corrected chi connectivity index (χ3v) is 4.85. The van der Waals surface area contributed by atoms with Gasteiger partial charge in [0.25, 0.3) is 5.69 Å². The highest BCUT2D eigenvalue weighted by Gasteiger charge is 2.33. The first-order valence-electron chi connectivity index (χ1n) is 8.25. The summed E-state index contributed by atoms with van der Waals surface area (Å²) in [5.41, 5.74) is 0.878. The van der Waals surface area contributed by atoms with Crippen molar-refractivity contribution in [3.63, 3.8) is 0 Å². The Bertz CT molecular complexity index is 597. The van der Waals surface area contributed by atoms with Crippen molar-refractivity contribution in [3.05, 3.63) is 39.4 Å². The van der Waals surface area contributed by atoms with Crippen molar-refractivity contribution in [1.82, 2.24) is 0 Å². The fourth-order valence-corrected chi connectivity index (χ4v) is 3.44. The second kappa shape index (κ2) is 7.11. The molecule has 0 saturated heterocycles. The second-order valence-corrected chi connectivity index (χ2v) is 7.03. The zero-order valence-electron chi connectivity index (χ0n) is 14.2. The van der Waals surface area contributed by atoms with Crippen LogP contribution in [-0.4, -0.2) is 17.0 Å². The summed E-state index contributed by atoms with van der Waals surface area (Å²) in [5.74, 6) is 1.03. The Morgan fingerprint density at radius 2 is 2.04 bits per heavy atom. The van der Waals surface area contributed by atoms with Crippen molar-refractivity contribution in [2.24, 2.45) is 17.8 Å². The lowest BCUT2D eigenvalue weighted by Gasteiger charge is -2.36. The van der Waals surface area contributed by atoms with Gasteiger partial charge in [0.1, 0.15) is 6.10 Å². The molecule has 0 radical (unpaired) electrons. The standard InChI is InChI=1S/C18H25NO4/c1-11(2)15-7-5-12(3)9-17(15)23-18(20)14-6-8-16(19(21)22)13(4)10-14/h6,8,10-12,15,17H,5,7,9H2,1-4H3/t12-,15+,17-/m1/s1. The third kappa shape index (κ3) is 4.09. The van der Waals surface area contributed by atoms with Crippen LogP contribution in [0.4, 0.5) is 5.69 Å². The van der Waals surface area contributed by atoms with Gasteiger partial charge in [-0.15, -0.1) is 0 Å². The molecule has 0 aliphatic heterocycles. The number of hydrogen-bond donors (Lipinski definition) is 0. The minimum Gasteiger partial charge on any atom is -0.458 e. The number of benzene rings is 1. The number of carbonyl (C=O) groups is 1. The fraction of sp³-hybridized carbons (Fsp3) is 0.611. The summed E-state index contributed by atoms with van der Waals surface area (Å²) in [6, 6.07) is 4.39. The Morgan fingerprint density at radius 3 is 2.61 bits per heavy atom. The lowest BCUT2D eigenvalue weighted by molar-refractivity contribution is -0.385. The molecule has 0 spiro atoms. The Morgan fingerprint density at radius 1 is 1.35 bits per heavy atom. The number of nitro benzene ring substituents is 1. The summed E-state index contributed by atoms with van der Waals surface area (Å²) in [5, 5.41) is 10.9. The van der Waals surface area contributed by atoms with Crippen LogP contribution in [0.25, 0.3) is 0 Å². The van der Waals surface area contributed by atoms with E-state index in [9.17, 15) is 14.9 Å². The van der Waals surface area contributed by atoms with Gasteiger partial charge in [0.2, 0.25) is 0 Å². The topological polar surface area (TPSA) is 69.4 Å². The van der Waals surface area contributed by atoms with E-state index in [0.717, 1.165) is 12.8 Å². The maximum Gasteiger partial charge on any atom is 0.338 e. The third-order valence-electron chi connectivity index (χ3n) is 4.85. The van der Waals surface area contributed by atoms with Gasteiger partial charge in [0.05, 0.1) is 10.5 Å². The molecule has 23 heavy (non-hydrogen) atoms. The number of rotatable bonds is 4. The SMILES string of the molecule is Cc1cc(C(=O)O[C@@H]2C[C@H](C)CC[C@H]2C(C)C)ccc1[N+](=O)[O-]. The van der Waals surface area contributed by atoms with E-state index in [2.05, 4.69) is 20.8 Å². The molecule has 0 heterocycles. The average Bonchev–Trinajstić information content (AvgIpc) is 2.46. The van der Waals surface area contributed by atoms with E-state index in [-0.39, 0.29) is 17.8 Å². The molecule has 0 aromatic heterocycles. The van der Waals surface area contributed by atoms with E-state index >= 15 is 0 Å². The molecule has 3 atom stereocenters. The normalized spacial score (nSPS) is 24.5. The summed E-state index contributed by atoms with van der Waals surface area (Å²) in [7, 11) is 0. The van der Waals surface area contributed by atoms with E-state index in [1.807, 2.05) is 0 Å². The summed E-state index contributed by atoms with van der Waals surface area (Å²) in [6.45, 7) is 8.15. The maximum atomic E-state index is 12.4. The van der Waals surface area contributed by atoms with Crippen molar-refractivity contribution in [2.75, 3.05) is 0 Å². The molecule has 0 N–H and O–H groups in total. The number of ether oxygens (including phenoxy) is 1. The van der Waals surface area contributed by atoms with Crippen molar-refractivity contribution in [1.29, 1.82) is 0 Å². The minimum absolute atomic E-state index is 0.0212. The van der Waals surface area contributed by atoms with Crippen LogP contribution in [0, 0.1) is 34.8 Å². The minimum atomic E-state index is -0.442. The van der Waals surface area contributed by atoms with Gasteiger partial charge in [-0.3, -0.25) is 10.1 Å². The highest BCUT2D eigenvalue weighted by Crippen LogP contribution is 2.35. The molecule has 1 aliphatic rings. The van der Waals surface area contributed by atoms with Crippen LogP contribution < -0.4 is 0 Å². The number of esters is 1. The lowest BCUT2D eigenvalue weighted by atomic mass is 9.75. The molecule has 0 unspecified atom stereocenters. The van der Waals surface area contributed by atoms with Crippen LogP contribution >= 0.6 is 0 Å². The van der Waals surface area contributed by atoms with Crippen molar-refractivity contribution >= 4 is 11.7 Å². The molecule has 1 fully saturated rings. The molecule has 1 aliphatic carbocycles.